The van der Waals surface area contributed by atoms with Gasteiger partial charge in [-0.05, 0) is 33.1 Å². The van der Waals surface area contributed by atoms with Crippen LogP contribution in [0.1, 0.15) is 73.1 Å². The van der Waals surface area contributed by atoms with Gasteiger partial charge < -0.3 is 4.48 Å². The summed E-state index contributed by atoms with van der Waals surface area (Å²) in [6.07, 6.45) is 8.20. The summed E-state index contributed by atoms with van der Waals surface area (Å²) in [4.78, 5) is 0. The lowest BCUT2D eigenvalue weighted by atomic mass is 10.1. The van der Waals surface area contributed by atoms with Crippen molar-refractivity contribution in [3.05, 3.63) is 0 Å². The smallest absolute Gasteiger partial charge is 0.0833 e. The van der Waals surface area contributed by atoms with Crippen LogP contribution in [0, 0.1) is 0 Å². The molecule has 16 heavy (non-hydrogen) atoms. The Morgan fingerprint density at radius 2 is 1.00 bits per heavy atom. The van der Waals surface area contributed by atoms with Gasteiger partial charge in [0, 0.05) is 0 Å². The van der Waals surface area contributed by atoms with Gasteiger partial charge in [-0.15, -0.1) is 0 Å². The molecule has 1 heteroatoms. The van der Waals surface area contributed by atoms with Crippen LogP contribution in [0.4, 0.5) is 0 Å². The molecule has 0 aliphatic rings. The van der Waals surface area contributed by atoms with Gasteiger partial charge in [0.1, 0.15) is 0 Å². The molecule has 0 heterocycles. The molecule has 0 amide bonds. The molecule has 0 aromatic rings. The molecule has 0 spiro atoms. The Labute approximate surface area is 104 Å². The van der Waals surface area contributed by atoms with Crippen LogP contribution >= 0.6 is 0 Å². The van der Waals surface area contributed by atoms with E-state index in [1.54, 1.807) is 0 Å². The molecular weight excluding hydrogens is 194 g/mol. The maximum absolute atomic E-state index is 2.42. The lowest BCUT2D eigenvalue weighted by Crippen LogP contribution is -2.54. The first-order valence-electron chi connectivity index (χ1n) is 7.48. The monoisotopic (exact) mass is 228 g/mol. The van der Waals surface area contributed by atoms with Crippen molar-refractivity contribution in [3.8, 4) is 0 Å². The van der Waals surface area contributed by atoms with Crippen molar-refractivity contribution in [2.45, 2.75) is 79.2 Å². The third-order valence-electron chi connectivity index (χ3n) is 3.97. The predicted octanol–water partition coefficient (Wildman–Crippen LogP) is 4.61. The minimum Gasteiger partial charge on any atom is -0.322 e. The van der Waals surface area contributed by atoms with Crippen LogP contribution in [-0.2, 0) is 0 Å². The Morgan fingerprint density at radius 3 is 1.19 bits per heavy atom. The van der Waals surface area contributed by atoms with E-state index in [9.17, 15) is 0 Å². The van der Waals surface area contributed by atoms with E-state index in [2.05, 4.69) is 34.6 Å². The highest BCUT2D eigenvalue weighted by Gasteiger charge is 2.28. The molecule has 0 rings (SSSR count). The Balaban J connectivity index is 4.46. The Hall–Kier alpha value is -0.0400. The van der Waals surface area contributed by atoms with Gasteiger partial charge in [-0.2, -0.15) is 0 Å². The van der Waals surface area contributed by atoms with Crippen molar-refractivity contribution in [3.63, 3.8) is 0 Å². The summed E-state index contributed by atoms with van der Waals surface area (Å²) in [5.41, 5.74) is 0. The van der Waals surface area contributed by atoms with Gasteiger partial charge in [-0.25, -0.2) is 0 Å². The normalized spacial score (nSPS) is 12.4. The summed E-state index contributed by atoms with van der Waals surface area (Å²) in [6, 6.07) is 0.796. The summed E-state index contributed by atoms with van der Waals surface area (Å²) < 4.78 is 1.37. The molecule has 98 valence electrons. The number of quaternary nitrogens is 1. The maximum atomic E-state index is 2.42. The molecule has 1 nitrogen and oxygen atoms in total. The zero-order chi connectivity index (χ0) is 12.4. The first-order chi connectivity index (χ1) is 7.63. The third kappa shape index (κ3) is 5.34. The molecule has 0 aliphatic carbocycles. The zero-order valence-corrected chi connectivity index (χ0v) is 12.4. The van der Waals surface area contributed by atoms with Crippen molar-refractivity contribution in [2.24, 2.45) is 0 Å². The fourth-order valence-corrected chi connectivity index (χ4v) is 2.53. The van der Waals surface area contributed by atoms with Crippen LogP contribution in [0.5, 0.6) is 0 Å². The molecule has 0 fully saturated rings. The quantitative estimate of drug-likeness (QED) is 0.479. The zero-order valence-electron chi connectivity index (χ0n) is 12.4. The van der Waals surface area contributed by atoms with Gasteiger partial charge in [0.2, 0.25) is 0 Å². The lowest BCUT2D eigenvalue weighted by molar-refractivity contribution is -0.948. The Morgan fingerprint density at radius 1 is 0.688 bits per heavy atom. The second-order valence-electron chi connectivity index (χ2n) is 5.54. The van der Waals surface area contributed by atoms with Crippen LogP contribution in [0.15, 0.2) is 0 Å². The van der Waals surface area contributed by atoms with Crippen LogP contribution in [0.3, 0.4) is 0 Å². The molecule has 0 aromatic carbocycles. The highest BCUT2D eigenvalue weighted by atomic mass is 15.4. The average molecular weight is 228 g/mol. The van der Waals surface area contributed by atoms with Crippen LogP contribution in [0.2, 0.25) is 0 Å². The number of hydrogen-bond donors (Lipinski definition) is 0. The second kappa shape index (κ2) is 9.04. The minimum atomic E-state index is 0.796. The third-order valence-corrected chi connectivity index (χ3v) is 3.97. The highest BCUT2D eigenvalue weighted by molar-refractivity contribution is 4.52. The van der Waals surface area contributed by atoms with Gasteiger partial charge in [-0.3, -0.25) is 0 Å². The Kier molecular flexibility index (Phi) is 9.02. The molecular formula is C15H34N+. The fraction of sp³-hybridized carbons (Fsp3) is 1.00. The van der Waals surface area contributed by atoms with Gasteiger partial charge in [0.05, 0.1) is 25.7 Å². The van der Waals surface area contributed by atoms with Gasteiger partial charge >= 0.3 is 0 Å². The number of rotatable bonds is 10. The first kappa shape index (κ1) is 16.0. The molecule has 0 radical (unpaired) electrons. The number of unbranched alkanes of at least 4 members (excludes halogenated alkanes) is 3. The van der Waals surface area contributed by atoms with Crippen molar-refractivity contribution in [2.75, 3.05) is 19.6 Å². The predicted molar refractivity (Wildman–Crippen MR) is 74.7 cm³/mol. The van der Waals surface area contributed by atoms with E-state index in [-0.39, 0.29) is 0 Å². The molecule has 0 aromatic heterocycles. The largest absolute Gasteiger partial charge is 0.322 e. The second-order valence-corrected chi connectivity index (χ2v) is 5.54. The molecule has 0 aliphatic heterocycles. The topological polar surface area (TPSA) is 0 Å². The summed E-state index contributed by atoms with van der Waals surface area (Å²) in [5, 5.41) is 0. The standard InChI is InChI=1S/C15H34N/c1-6-9-12-16(15(4)5,13-10-7-2)14-11-8-3/h15H,6-14H2,1-5H3/q+1. The molecule has 0 bridgehead atoms. The van der Waals surface area contributed by atoms with Crippen molar-refractivity contribution >= 4 is 0 Å². The van der Waals surface area contributed by atoms with Crippen molar-refractivity contribution in [1.82, 2.24) is 0 Å². The molecule has 0 unspecified atom stereocenters. The van der Waals surface area contributed by atoms with Crippen LogP contribution in [0.25, 0.3) is 0 Å². The molecule has 0 saturated carbocycles. The van der Waals surface area contributed by atoms with Crippen LogP contribution in [-0.4, -0.2) is 30.2 Å². The van der Waals surface area contributed by atoms with Crippen molar-refractivity contribution < 1.29 is 4.48 Å². The van der Waals surface area contributed by atoms with Gasteiger partial charge in [-0.1, -0.05) is 40.0 Å². The molecule has 0 atom stereocenters. The number of nitrogens with zero attached hydrogens (tertiary/aromatic N) is 1. The summed E-state index contributed by atoms with van der Waals surface area (Å²) in [7, 11) is 0. The molecule has 0 saturated heterocycles. The van der Waals surface area contributed by atoms with E-state index in [1.807, 2.05) is 0 Å². The maximum Gasteiger partial charge on any atom is 0.0833 e. The number of hydrogen-bond acceptors (Lipinski definition) is 0. The van der Waals surface area contributed by atoms with Gasteiger partial charge in [0.15, 0.2) is 0 Å². The van der Waals surface area contributed by atoms with Gasteiger partial charge in [0.25, 0.3) is 0 Å². The average Bonchev–Trinajstić information content (AvgIpc) is 2.28. The SMILES string of the molecule is CCCC[N+](CCCC)(CCCC)C(C)C. The van der Waals surface area contributed by atoms with E-state index in [1.165, 1.54) is 62.6 Å². The van der Waals surface area contributed by atoms with E-state index in [0.29, 0.717) is 0 Å². The van der Waals surface area contributed by atoms with Crippen molar-refractivity contribution in [1.29, 1.82) is 0 Å². The summed E-state index contributed by atoms with van der Waals surface area (Å²) in [5.74, 6) is 0. The van der Waals surface area contributed by atoms with E-state index >= 15 is 0 Å². The van der Waals surface area contributed by atoms with Crippen LogP contribution < -0.4 is 0 Å². The molecule has 0 N–H and O–H groups in total. The lowest BCUT2D eigenvalue weighted by Gasteiger charge is -2.43. The minimum absolute atomic E-state index is 0.796. The van der Waals surface area contributed by atoms with E-state index < -0.39 is 0 Å². The highest BCUT2D eigenvalue weighted by Crippen LogP contribution is 2.19. The first-order valence-corrected chi connectivity index (χ1v) is 7.48. The fourth-order valence-electron chi connectivity index (χ4n) is 2.53. The summed E-state index contributed by atoms with van der Waals surface area (Å²) >= 11 is 0. The Bertz CT molecular complexity index is 130. The van der Waals surface area contributed by atoms with E-state index in [4.69, 9.17) is 0 Å². The van der Waals surface area contributed by atoms with E-state index in [0.717, 1.165) is 6.04 Å². The summed E-state index contributed by atoms with van der Waals surface area (Å²) in [6.45, 7) is 16.0.